The van der Waals surface area contributed by atoms with Gasteiger partial charge in [-0.25, -0.2) is 0 Å². The first-order valence-electron chi connectivity index (χ1n) is 19.7. The number of rotatable bonds is 30. The Labute approximate surface area is 340 Å². The Morgan fingerprint density at radius 2 is 0.741 bits per heavy atom. The molecule has 332 valence electrons. The van der Waals surface area contributed by atoms with Crippen LogP contribution in [-0.4, -0.2) is 140 Å². The number of hydrogen-bond acceptors (Lipinski definition) is 15. The van der Waals surface area contributed by atoms with Crippen molar-refractivity contribution < 1.29 is 66.2 Å². The Bertz CT molecular complexity index is 790. The molecule has 15 nitrogen and oxygen atoms in total. The molecule has 0 aliphatic rings. The van der Waals surface area contributed by atoms with Crippen LogP contribution in [0.1, 0.15) is 93.4 Å². The Kier molecular flexibility index (Phi) is 42.1. The summed E-state index contributed by atoms with van der Waals surface area (Å²) in [4.78, 5) is 19.7. The molecule has 0 spiro atoms. The average Bonchev–Trinajstić information content (AvgIpc) is 3.11. The highest BCUT2D eigenvalue weighted by atomic mass is 28.5. The summed E-state index contributed by atoms with van der Waals surface area (Å²) in [6.07, 6.45) is 6.51. The quantitative estimate of drug-likeness (QED) is 0.0744. The lowest BCUT2D eigenvalue weighted by Gasteiger charge is -2.38. The van der Waals surface area contributed by atoms with Crippen LogP contribution in [0.2, 0.25) is 52.4 Å². The van der Waals surface area contributed by atoms with Crippen LogP contribution in [0.15, 0.2) is 0 Å². The third-order valence-corrected chi connectivity index (χ3v) is 22.7. The lowest BCUT2D eigenvalue weighted by atomic mass is 10.5. The van der Waals surface area contributed by atoms with Crippen molar-refractivity contribution in [2.24, 2.45) is 0 Å². The SMILES string of the molecule is CCCO[SiH](C)OCCC.CCCO[SiH](C)O[Si](C)(OCCC)O[Si](C)(OCCC)O[Si](C)(O)OCCC.CCCO[Si](C)(C)O.CO[Si](C)(OC)OC. The highest BCUT2D eigenvalue weighted by molar-refractivity contribution is 6.81. The molecule has 0 aromatic heterocycles. The summed E-state index contributed by atoms with van der Waals surface area (Å²) < 4.78 is 72.5. The maximum atomic E-state index is 10.6. The molecule has 4 unspecified atom stereocenters. The monoisotopic (exact) mass is 906 g/mol. The third kappa shape index (κ3) is 41.1. The fraction of sp³-hybridized carbons (Fsp3) is 1.00. The van der Waals surface area contributed by atoms with Crippen molar-refractivity contribution in [1.82, 2.24) is 0 Å². The van der Waals surface area contributed by atoms with Gasteiger partial charge in [-0.3, -0.25) is 0 Å². The van der Waals surface area contributed by atoms with E-state index in [1.807, 2.05) is 47.3 Å². The van der Waals surface area contributed by atoms with Crippen LogP contribution >= 0.6 is 0 Å². The second-order valence-electron chi connectivity index (χ2n) is 13.0. The molecule has 0 radical (unpaired) electrons. The molecule has 0 saturated carbocycles. The highest BCUT2D eigenvalue weighted by Crippen LogP contribution is 2.24. The van der Waals surface area contributed by atoms with E-state index in [0.717, 1.165) is 58.2 Å². The zero-order valence-corrected chi connectivity index (χ0v) is 45.1. The van der Waals surface area contributed by atoms with Crippen LogP contribution in [0, 0.1) is 0 Å². The number of hydrogen-bond donors (Lipinski definition) is 2. The van der Waals surface area contributed by atoms with Crippen molar-refractivity contribution >= 4 is 62.3 Å². The molecule has 54 heavy (non-hydrogen) atoms. The van der Waals surface area contributed by atoms with Crippen molar-refractivity contribution in [1.29, 1.82) is 0 Å². The van der Waals surface area contributed by atoms with E-state index in [-0.39, 0.29) is 0 Å². The zero-order valence-electron chi connectivity index (χ0n) is 37.8. The first-order chi connectivity index (χ1) is 25.1. The summed E-state index contributed by atoms with van der Waals surface area (Å²) in [5, 5.41) is 0. The lowest BCUT2D eigenvalue weighted by Crippen LogP contribution is -2.61. The molecule has 0 aromatic carbocycles. The van der Waals surface area contributed by atoms with E-state index in [9.17, 15) is 4.80 Å². The Hall–Kier alpha value is 0.918. The lowest BCUT2D eigenvalue weighted by molar-refractivity contribution is 0.0682. The summed E-state index contributed by atoms with van der Waals surface area (Å²) in [6.45, 7) is 33.3. The predicted octanol–water partition coefficient (Wildman–Crippen LogP) is 6.58. The van der Waals surface area contributed by atoms with Crippen LogP contribution in [0.5, 0.6) is 0 Å². The molecule has 0 fully saturated rings. The average molecular weight is 908 g/mol. The maximum Gasteiger partial charge on any atom is 0.496 e. The van der Waals surface area contributed by atoms with E-state index in [1.165, 1.54) is 0 Å². The highest BCUT2D eigenvalue weighted by Gasteiger charge is 2.53. The Morgan fingerprint density at radius 3 is 1.06 bits per heavy atom. The van der Waals surface area contributed by atoms with E-state index in [4.69, 9.17) is 61.4 Å². The van der Waals surface area contributed by atoms with Crippen molar-refractivity contribution in [3.05, 3.63) is 0 Å². The normalized spacial score (nSPS) is 15.7. The van der Waals surface area contributed by atoms with Gasteiger partial charge in [0.2, 0.25) is 0 Å². The summed E-state index contributed by atoms with van der Waals surface area (Å²) in [5.41, 5.74) is 0. The standard InChI is InChI=1S/C16H42O8Si4.C7H18O2Si.C5H14O2Si.C4H12O3Si/c1-9-13-18-25(5)22-27(7,20-15-11-3)24-28(8,21-16-12-4)23-26(6,17)19-14-10-2;1-4-6-8-10(3)9-7-5-2;1-4-5-7-8(2,3)6;1-5-8(4,6-2)7-3/h17,25H,9-16H2,1-8H3;10H,4-7H2,1-3H3;6H,4-5H2,1-3H3;1-4H3. The second kappa shape index (κ2) is 37.0. The van der Waals surface area contributed by atoms with Gasteiger partial charge in [0, 0.05) is 93.8 Å². The van der Waals surface area contributed by atoms with E-state index in [0.29, 0.717) is 33.0 Å². The Morgan fingerprint density at radius 1 is 0.407 bits per heavy atom. The van der Waals surface area contributed by atoms with E-state index >= 15 is 0 Å². The molecular weight excluding hydrogens is 821 g/mol. The van der Waals surface area contributed by atoms with Gasteiger partial charge >= 0.3 is 62.3 Å². The fourth-order valence-corrected chi connectivity index (χ4v) is 18.8. The molecule has 0 aliphatic carbocycles. The zero-order chi connectivity index (χ0) is 42.7. The topological polar surface area (TPSA) is 160 Å². The summed E-state index contributed by atoms with van der Waals surface area (Å²) in [7, 11) is -12.5. The van der Waals surface area contributed by atoms with Gasteiger partial charge in [0.15, 0.2) is 0 Å². The van der Waals surface area contributed by atoms with Gasteiger partial charge in [-0.15, -0.1) is 0 Å². The van der Waals surface area contributed by atoms with Crippen molar-refractivity contribution in [2.45, 2.75) is 146 Å². The smallest absolute Gasteiger partial charge is 0.411 e. The van der Waals surface area contributed by atoms with Crippen LogP contribution in [-0.2, 0) is 56.6 Å². The van der Waals surface area contributed by atoms with Gasteiger partial charge in [-0.1, -0.05) is 48.5 Å². The van der Waals surface area contributed by atoms with Crippen LogP contribution in [0.3, 0.4) is 0 Å². The van der Waals surface area contributed by atoms with Crippen molar-refractivity contribution in [2.75, 3.05) is 67.6 Å². The minimum absolute atomic E-state index is 0.420. The molecule has 22 heteroatoms. The molecule has 0 saturated heterocycles. The first-order valence-corrected chi connectivity index (χ1v) is 35.7. The summed E-state index contributed by atoms with van der Waals surface area (Å²) >= 11 is 0. The summed E-state index contributed by atoms with van der Waals surface area (Å²) in [6, 6.07) is 0. The molecule has 0 rings (SSSR count). The van der Waals surface area contributed by atoms with Crippen LogP contribution in [0.25, 0.3) is 0 Å². The van der Waals surface area contributed by atoms with E-state index in [1.54, 1.807) is 47.5 Å². The molecule has 0 amide bonds. The molecule has 0 heterocycles. The molecule has 0 bridgehead atoms. The minimum Gasteiger partial charge on any atom is -0.411 e. The van der Waals surface area contributed by atoms with Crippen molar-refractivity contribution in [3.63, 3.8) is 0 Å². The van der Waals surface area contributed by atoms with Crippen molar-refractivity contribution in [3.8, 4) is 0 Å². The molecule has 4 atom stereocenters. The van der Waals surface area contributed by atoms with Gasteiger partial charge in [0.05, 0.1) is 0 Å². The summed E-state index contributed by atoms with van der Waals surface area (Å²) in [5.74, 6) is 0. The van der Waals surface area contributed by atoms with E-state index < -0.39 is 62.3 Å². The second-order valence-corrected chi connectivity index (χ2v) is 31.1. The van der Waals surface area contributed by atoms with Gasteiger partial charge in [-0.05, 0) is 71.1 Å². The fourth-order valence-electron chi connectivity index (χ4n) is 3.58. The molecule has 2 N–H and O–H groups in total. The largest absolute Gasteiger partial charge is 0.496 e. The Balaban J connectivity index is -0.000000387. The maximum absolute atomic E-state index is 10.6. The molecule has 0 aliphatic heterocycles. The van der Waals surface area contributed by atoms with E-state index in [2.05, 4.69) is 27.3 Å². The molecule has 0 aromatic rings. The van der Waals surface area contributed by atoms with Gasteiger partial charge in [-0.2, -0.15) is 0 Å². The minimum atomic E-state index is -3.40. The first kappa shape index (κ1) is 61.6. The van der Waals surface area contributed by atoms with Gasteiger partial charge in [0.1, 0.15) is 0 Å². The van der Waals surface area contributed by atoms with Gasteiger partial charge < -0.3 is 66.2 Å². The van der Waals surface area contributed by atoms with Gasteiger partial charge in [0.25, 0.3) is 0 Å². The van der Waals surface area contributed by atoms with Crippen LogP contribution < -0.4 is 0 Å². The van der Waals surface area contributed by atoms with Crippen LogP contribution in [0.4, 0.5) is 0 Å². The molecular formula is C32H86O15Si7. The predicted molar refractivity (Wildman–Crippen MR) is 232 cm³/mol. The third-order valence-electron chi connectivity index (χ3n) is 6.28.